The van der Waals surface area contributed by atoms with E-state index in [9.17, 15) is 4.79 Å². The van der Waals surface area contributed by atoms with E-state index in [-0.39, 0.29) is 5.91 Å². The van der Waals surface area contributed by atoms with E-state index >= 15 is 0 Å². The molecule has 23 heavy (non-hydrogen) atoms. The molecular weight excluding hydrogens is 394 g/mol. The van der Waals surface area contributed by atoms with E-state index < -0.39 is 0 Å². The minimum Gasteiger partial charge on any atom is -0.341 e. The Morgan fingerprint density at radius 3 is 2.83 bits per heavy atom. The number of hydrogen-bond acceptors (Lipinski definition) is 5. The second-order valence-corrected chi connectivity index (χ2v) is 7.76. The van der Waals surface area contributed by atoms with Crippen molar-refractivity contribution in [2.24, 2.45) is 0 Å². The zero-order chi connectivity index (χ0) is 16.2. The van der Waals surface area contributed by atoms with E-state index in [2.05, 4.69) is 25.9 Å². The summed E-state index contributed by atoms with van der Waals surface area (Å²) in [6.45, 7) is 0.601. The molecule has 2 aromatic heterocycles. The molecule has 0 aliphatic heterocycles. The fourth-order valence-corrected chi connectivity index (χ4v) is 4.06. The van der Waals surface area contributed by atoms with Gasteiger partial charge in [0.25, 0.3) is 0 Å². The SMILES string of the molecule is CN(Cc1ccc(Br)cc1)C(=O)CSc1ncnc2sccc12. The third-order valence-electron chi connectivity index (χ3n) is 3.32. The van der Waals surface area contributed by atoms with Gasteiger partial charge in [0.2, 0.25) is 5.91 Å². The van der Waals surface area contributed by atoms with Crippen molar-refractivity contribution in [3.63, 3.8) is 0 Å². The molecule has 0 saturated heterocycles. The molecule has 3 aromatic rings. The summed E-state index contributed by atoms with van der Waals surface area (Å²) in [6.07, 6.45) is 1.55. The van der Waals surface area contributed by atoms with Gasteiger partial charge in [-0.3, -0.25) is 4.79 Å². The van der Waals surface area contributed by atoms with E-state index in [1.807, 2.05) is 42.8 Å². The molecule has 0 N–H and O–H groups in total. The number of halogens is 1. The summed E-state index contributed by atoms with van der Waals surface area (Å²) in [7, 11) is 1.82. The Hall–Kier alpha value is -1.44. The predicted octanol–water partition coefficient (Wildman–Crippen LogP) is 4.20. The summed E-state index contributed by atoms with van der Waals surface area (Å²) in [5.74, 6) is 0.453. The number of carbonyl (C=O) groups excluding carboxylic acids is 1. The number of fused-ring (bicyclic) bond motifs is 1. The summed E-state index contributed by atoms with van der Waals surface area (Å²) >= 11 is 6.45. The summed E-state index contributed by atoms with van der Waals surface area (Å²) in [4.78, 5) is 23.5. The molecule has 0 fully saturated rings. The van der Waals surface area contributed by atoms with Crippen molar-refractivity contribution in [3.8, 4) is 0 Å². The van der Waals surface area contributed by atoms with Gasteiger partial charge in [-0.05, 0) is 29.1 Å². The normalized spacial score (nSPS) is 10.9. The minimum absolute atomic E-state index is 0.0833. The number of hydrogen-bond donors (Lipinski definition) is 0. The number of thioether (sulfide) groups is 1. The van der Waals surface area contributed by atoms with Crippen molar-refractivity contribution in [2.45, 2.75) is 11.6 Å². The number of amides is 1. The number of carbonyl (C=O) groups is 1. The fourth-order valence-electron chi connectivity index (χ4n) is 2.07. The Bertz CT molecular complexity index is 820. The van der Waals surface area contributed by atoms with Crippen molar-refractivity contribution in [1.29, 1.82) is 0 Å². The van der Waals surface area contributed by atoms with Crippen LogP contribution >= 0.6 is 39.0 Å². The molecule has 0 saturated carbocycles. The molecule has 0 aliphatic carbocycles. The maximum absolute atomic E-state index is 12.3. The first-order valence-electron chi connectivity index (χ1n) is 6.93. The maximum Gasteiger partial charge on any atom is 0.233 e. The number of benzene rings is 1. The first kappa shape index (κ1) is 16.4. The van der Waals surface area contributed by atoms with Crippen LogP contribution < -0.4 is 0 Å². The van der Waals surface area contributed by atoms with Gasteiger partial charge in [-0.25, -0.2) is 9.97 Å². The number of nitrogens with zero attached hydrogens (tertiary/aromatic N) is 3. The summed E-state index contributed by atoms with van der Waals surface area (Å²) in [5.41, 5.74) is 1.11. The molecule has 0 atom stereocenters. The third kappa shape index (κ3) is 4.10. The van der Waals surface area contributed by atoms with Crippen molar-refractivity contribution >= 4 is 55.2 Å². The molecule has 0 aliphatic rings. The van der Waals surface area contributed by atoms with Crippen LogP contribution in [0.15, 0.2) is 51.5 Å². The van der Waals surface area contributed by atoms with Crippen LogP contribution in [0.3, 0.4) is 0 Å². The van der Waals surface area contributed by atoms with Crippen molar-refractivity contribution in [2.75, 3.05) is 12.8 Å². The molecule has 1 amide bonds. The van der Waals surface area contributed by atoms with Gasteiger partial charge >= 0.3 is 0 Å². The lowest BCUT2D eigenvalue weighted by Gasteiger charge is -2.17. The standard InChI is InChI=1S/C16H14BrN3OS2/c1-20(8-11-2-4-12(17)5-3-11)14(21)9-23-16-13-6-7-22-15(13)18-10-19-16/h2-7,10H,8-9H2,1H3. The van der Waals surface area contributed by atoms with Gasteiger partial charge in [-0.1, -0.05) is 39.8 Å². The first-order chi connectivity index (χ1) is 11.1. The van der Waals surface area contributed by atoms with E-state index in [4.69, 9.17) is 0 Å². The first-order valence-corrected chi connectivity index (χ1v) is 9.59. The van der Waals surface area contributed by atoms with Crippen LogP contribution in [0.1, 0.15) is 5.56 Å². The average molecular weight is 408 g/mol. The highest BCUT2D eigenvalue weighted by Crippen LogP contribution is 2.27. The minimum atomic E-state index is 0.0833. The van der Waals surface area contributed by atoms with Gasteiger partial charge in [0.1, 0.15) is 16.2 Å². The lowest BCUT2D eigenvalue weighted by atomic mass is 10.2. The highest BCUT2D eigenvalue weighted by Gasteiger charge is 2.12. The number of aromatic nitrogens is 2. The van der Waals surface area contributed by atoms with Gasteiger partial charge < -0.3 is 4.90 Å². The summed E-state index contributed by atoms with van der Waals surface area (Å²) in [6, 6.07) is 9.99. The van der Waals surface area contributed by atoms with Crippen LogP contribution in [0.2, 0.25) is 0 Å². The van der Waals surface area contributed by atoms with Crippen LogP contribution in [0.5, 0.6) is 0 Å². The lowest BCUT2D eigenvalue weighted by Crippen LogP contribution is -2.27. The van der Waals surface area contributed by atoms with E-state index in [1.165, 1.54) is 11.8 Å². The Morgan fingerprint density at radius 2 is 2.04 bits per heavy atom. The van der Waals surface area contributed by atoms with Gasteiger partial charge in [0, 0.05) is 23.5 Å². The summed E-state index contributed by atoms with van der Waals surface area (Å²) in [5, 5.41) is 3.87. The average Bonchev–Trinajstić information content (AvgIpc) is 3.03. The van der Waals surface area contributed by atoms with E-state index in [0.29, 0.717) is 12.3 Å². The van der Waals surface area contributed by atoms with Crippen LogP contribution in [0.4, 0.5) is 0 Å². The molecule has 0 radical (unpaired) electrons. The molecule has 0 spiro atoms. The lowest BCUT2D eigenvalue weighted by molar-refractivity contribution is -0.127. The Balaban J connectivity index is 1.60. The van der Waals surface area contributed by atoms with Crippen molar-refractivity contribution in [3.05, 3.63) is 52.1 Å². The molecular formula is C16H14BrN3OS2. The maximum atomic E-state index is 12.3. The molecule has 118 valence electrons. The quantitative estimate of drug-likeness (QED) is 0.469. The summed E-state index contributed by atoms with van der Waals surface area (Å²) < 4.78 is 1.04. The molecule has 1 aromatic carbocycles. The van der Waals surface area contributed by atoms with Gasteiger partial charge in [-0.2, -0.15) is 0 Å². The predicted molar refractivity (Wildman–Crippen MR) is 98.8 cm³/mol. The van der Waals surface area contributed by atoms with Gasteiger partial charge in [-0.15, -0.1) is 11.3 Å². The molecule has 0 unspecified atom stereocenters. The highest BCUT2D eigenvalue weighted by molar-refractivity contribution is 9.10. The molecule has 2 heterocycles. The van der Waals surface area contributed by atoms with Gasteiger partial charge in [0.05, 0.1) is 5.75 Å². The van der Waals surface area contributed by atoms with Crippen LogP contribution in [0, 0.1) is 0 Å². The monoisotopic (exact) mass is 407 g/mol. The van der Waals surface area contributed by atoms with Crippen LogP contribution in [-0.4, -0.2) is 33.6 Å². The topological polar surface area (TPSA) is 46.1 Å². The second kappa shape index (κ2) is 7.42. The highest BCUT2D eigenvalue weighted by atomic mass is 79.9. The van der Waals surface area contributed by atoms with Crippen LogP contribution in [-0.2, 0) is 11.3 Å². The zero-order valence-electron chi connectivity index (χ0n) is 12.4. The second-order valence-electron chi connectivity index (χ2n) is 4.98. The van der Waals surface area contributed by atoms with E-state index in [0.717, 1.165) is 25.3 Å². The number of thiophene rings is 1. The van der Waals surface area contributed by atoms with Crippen molar-refractivity contribution in [1.82, 2.24) is 14.9 Å². The van der Waals surface area contributed by atoms with E-state index in [1.54, 1.807) is 22.6 Å². The molecule has 4 nitrogen and oxygen atoms in total. The largest absolute Gasteiger partial charge is 0.341 e. The number of rotatable bonds is 5. The Morgan fingerprint density at radius 1 is 1.26 bits per heavy atom. The Kier molecular flexibility index (Phi) is 5.30. The third-order valence-corrected chi connectivity index (χ3v) is 5.66. The zero-order valence-corrected chi connectivity index (χ0v) is 15.6. The molecule has 7 heteroatoms. The van der Waals surface area contributed by atoms with Gasteiger partial charge in [0.15, 0.2) is 0 Å². The fraction of sp³-hybridized carbons (Fsp3) is 0.188. The molecule has 0 bridgehead atoms. The van der Waals surface area contributed by atoms with Crippen LogP contribution in [0.25, 0.3) is 10.2 Å². The Labute approximate surface area is 151 Å². The smallest absolute Gasteiger partial charge is 0.233 e. The van der Waals surface area contributed by atoms with Crippen molar-refractivity contribution < 1.29 is 4.79 Å². The molecule has 3 rings (SSSR count).